The van der Waals surface area contributed by atoms with Crippen molar-refractivity contribution in [3.05, 3.63) is 54.1 Å². The zero-order valence-corrected chi connectivity index (χ0v) is 19.1. The highest BCUT2D eigenvalue weighted by Gasteiger charge is 2.38. The molecule has 0 saturated heterocycles. The summed E-state index contributed by atoms with van der Waals surface area (Å²) in [6, 6.07) is 13.9. The second kappa shape index (κ2) is 7.92. The summed E-state index contributed by atoms with van der Waals surface area (Å²) >= 11 is 0. The first-order valence-corrected chi connectivity index (χ1v) is 10.5. The van der Waals surface area contributed by atoms with E-state index in [1.807, 2.05) is 61.2 Å². The van der Waals surface area contributed by atoms with E-state index in [2.05, 4.69) is 26.8 Å². The fourth-order valence-electron chi connectivity index (χ4n) is 4.18. The number of aliphatic hydroxyl groups is 1. The van der Waals surface area contributed by atoms with Gasteiger partial charge in [0.1, 0.15) is 5.75 Å². The van der Waals surface area contributed by atoms with Crippen molar-refractivity contribution in [1.82, 2.24) is 0 Å². The number of benzene rings is 2. The molecule has 0 radical (unpaired) electrons. The molecule has 1 heterocycles. The van der Waals surface area contributed by atoms with Gasteiger partial charge in [0, 0.05) is 17.5 Å². The SMILES string of the molecule is COc1ccccc1-c1ccc2c(c1)C(C(C)O)=CC(C)(C)N2C(=O)CC(C)(C)C. The molecule has 1 N–H and O–H groups in total. The number of fused-ring (bicyclic) bond motifs is 1. The lowest BCUT2D eigenvalue weighted by molar-refractivity contribution is -0.121. The van der Waals surface area contributed by atoms with Crippen LogP contribution in [0.25, 0.3) is 16.7 Å². The number of aliphatic hydroxyl groups excluding tert-OH is 1. The van der Waals surface area contributed by atoms with Gasteiger partial charge in [-0.05, 0) is 55.5 Å². The maximum absolute atomic E-state index is 13.3. The minimum Gasteiger partial charge on any atom is -0.496 e. The van der Waals surface area contributed by atoms with Crippen LogP contribution in [0.15, 0.2) is 48.5 Å². The molecule has 30 heavy (non-hydrogen) atoms. The third kappa shape index (κ3) is 4.29. The van der Waals surface area contributed by atoms with Crippen LogP contribution in [0.5, 0.6) is 5.75 Å². The van der Waals surface area contributed by atoms with Gasteiger partial charge in [-0.3, -0.25) is 4.79 Å². The molecule has 0 aromatic heterocycles. The summed E-state index contributed by atoms with van der Waals surface area (Å²) in [5, 5.41) is 10.5. The van der Waals surface area contributed by atoms with Gasteiger partial charge in [-0.25, -0.2) is 0 Å². The summed E-state index contributed by atoms with van der Waals surface area (Å²) in [7, 11) is 1.66. The van der Waals surface area contributed by atoms with Gasteiger partial charge in [0.05, 0.1) is 24.4 Å². The molecule has 3 rings (SSSR count). The van der Waals surface area contributed by atoms with Crippen molar-refractivity contribution in [2.24, 2.45) is 5.41 Å². The topological polar surface area (TPSA) is 49.8 Å². The average molecular weight is 408 g/mol. The number of methoxy groups -OCH3 is 1. The van der Waals surface area contributed by atoms with Crippen molar-refractivity contribution in [2.45, 2.75) is 59.6 Å². The van der Waals surface area contributed by atoms with Gasteiger partial charge in [0.15, 0.2) is 0 Å². The molecule has 0 saturated carbocycles. The molecule has 1 aliphatic rings. The van der Waals surface area contributed by atoms with Crippen LogP contribution in [0, 0.1) is 5.41 Å². The van der Waals surface area contributed by atoms with Gasteiger partial charge in [0.25, 0.3) is 0 Å². The van der Waals surface area contributed by atoms with Gasteiger partial charge in [0.2, 0.25) is 5.91 Å². The van der Waals surface area contributed by atoms with E-state index >= 15 is 0 Å². The first-order valence-electron chi connectivity index (χ1n) is 10.5. The van der Waals surface area contributed by atoms with Crippen molar-refractivity contribution < 1.29 is 14.6 Å². The first-order chi connectivity index (χ1) is 13.9. The minimum absolute atomic E-state index is 0.0830. The van der Waals surface area contributed by atoms with E-state index in [4.69, 9.17) is 4.74 Å². The van der Waals surface area contributed by atoms with Crippen LogP contribution in [0.1, 0.15) is 53.5 Å². The van der Waals surface area contributed by atoms with E-state index in [0.29, 0.717) is 6.42 Å². The third-order valence-corrected chi connectivity index (χ3v) is 5.43. The lowest BCUT2D eigenvalue weighted by atomic mass is 9.83. The van der Waals surface area contributed by atoms with Crippen LogP contribution in [-0.4, -0.2) is 29.8 Å². The van der Waals surface area contributed by atoms with E-state index < -0.39 is 11.6 Å². The molecule has 2 aromatic carbocycles. The standard InChI is InChI=1S/C26H33NO3/c1-17(28)21-15-26(5,6)27(24(29)16-25(2,3)4)22-13-12-18(14-20(21)22)19-10-8-9-11-23(19)30-7/h8-15,17,28H,16H2,1-7H3. The van der Waals surface area contributed by atoms with Crippen molar-refractivity contribution in [3.63, 3.8) is 0 Å². The van der Waals surface area contributed by atoms with E-state index in [1.54, 1.807) is 14.0 Å². The largest absolute Gasteiger partial charge is 0.496 e. The van der Waals surface area contributed by atoms with Gasteiger partial charge in [-0.2, -0.15) is 0 Å². The quantitative estimate of drug-likeness (QED) is 0.708. The van der Waals surface area contributed by atoms with E-state index in [-0.39, 0.29) is 11.3 Å². The molecule has 1 atom stereocenters. The summed E-state index contributed by atoms with van der Waals surface area (Å²) in [5.74, 6) is 0.872. The zero-order chi connectivity index (χ0) is 22.3. The number of para-hydroxylation sites is 1. The Kier molecular flexibility index (Phi) is 5.83. The number of amides is 1. The molecule has 1 unspecified atom stereocenters. The van der Waals surface area contributed by atoms with E-state index in [9.17, 15) is 9.90 Å². The number of ether oxygens (including phenoxy) is 1. The Morgan fingerprint density at radius 3 is 2.40 bits per heavy atom. The molecule has 0 aliphatic carbocycles. The lowest BCUT2D eigenvalue weighted by Gasteiger charge is -2.43. The molecular formula is C26H33NO3. The van der Waals surface area contributed by atoms with Gasteiger partial charge in [-0.15, -0.1) is 0 Å². The Hall–Kier alpha value is -2.59. The normalized spacial score (nSPS) is 16.5. The molecule has 1 aliphatic heterocycles. The monoisotopic (exact) mass is 407 g/mol. The fourth-order valence-corrected chi connectivity index (χ4v) is 4.18. The Morgan fingerprint density at radius 2 is 1.80 bits per heavy atom. The molecule has 0 fully saturated rings. The highest BCUT2D eigenvalue weighted by Crippen LogP contribution is 2.44. The number of anilines is 1. The molecule has 1 amide bonds. The van der Waals surface area contributed by atoms with E-state index in [0.717, 1.165) is 33.7 Å². The van der Waals surface area contributed by atoms with Gasteiger partial charge in [-0.1, -0.05) is 51.1 Å². The summed E-state index contributed by atoms with van der Waals surface area (Å²) in [6.45, 7) is 12.0. The predicted molar refractivity (Wildman–Crippen MR) is 124 cm³/mol. The first kappa shape index (κ1) is 22.1. The van der Waals surface area contributed by atoms with Gasteiger partial charge < -0.3 is 14.7 Å². The Balaban J connectivity index is 2.19. The smallest absolute Gasteiger partial charge is 0.228 e. The Morgan fingerprint density at radius 1 is 1.13 bits per heavy atom. The second-order valence-electron chi connectivity index (χ2n) is 9.83. The van der Waals surface area contributed by atoms with Crippen molar-refractivity contribution >= 4 is 17.2 Å². The highest BCUT2D eigenvalue weighted by molar-refractivity contribution is 6.02. The second-order valence-corrected chi connectivity index (χ2v) is 9.83. The molecule has 0 bridgehead atoms. The van der Waals surface area contributed by atoms with E-state index in [1.165, 1.54) is 0 Å². The Bertz CT molecular complexity index is 980. The summed E-state index contributed by atoms with van der Waals surface area (Å²) in [6.07, 6.45) is 1.82. The lowest BCUT2D eigenvalue weighted by Crippen LogP contribution is -2.50. The summed E-state index contributed by atoms with van der Waals surface area (Å²) in [5.41, 5.74) is 3.88. The number of hydrogen-bond donors (Lipinski definition) is 1. The third-order valence-electron chi connectivity index (χ3n) is 5.43. The highest BCUT2D eigenvalue weighted by atomic mass is 16.5. The molecular weight excluding hydrogens is 374 g/mol. The molecule has 4 heteroatoms. The number of nitrogens with zero attached hydrogens (tertiary/aromatic N) is 1. The van der Waals surface area contributed by atoms with Crippen molar-refractivity contribution in [3.8, 4) is 16.9 Å². The number of hydrogen-bond acceptors (Lipinski definition) is 3. The molecule has 160 valence electrons. The fraction of sp³-hybridized carbons (Fsp3) is 0.423. The number of carbonyl (C=O) groups excluding carboxylic acids is 1. The van der Waals surface area contributed by atoms with Crippen LogP contribution < -0.4 is 9.64 Å². The maximum atomic E-state index is 13.3. The molecule has 0 spiro atoms. The van der Waals surface area contributed by atoms with Crippen LogP contribution in [-0.2, 0) is 4.79 Å². The van der Waals surface area contributed by atoms with Crippen LogP contribution in [0.4, 0.5) is 5.69 Å². The molecule has 2 aromatic rings. The summed E-state index contributed by atoms with van der Waals surface area (Å²) < 4.78 is 5.54. The Labute approximate surface area is 180 Å². The number of rotatable bonds is 4. The van der Waals surface area contributed by atoms with Crippen molar-refractivity contribution in [1.29, 1.82) is 0 Å². The molecule has 4 nitrogen and oxygen atoms in total. The minimum atomic E-state index is -0.643. The van der Waals surface area contributed by atoms with Crippen LogP contribution in [0.2, 0.25) is 0 Å². The van der Waals surface area contributed by atoms with Gasteiger partial charge >= 0.3 is 0 Å². The van der Waals surface area contributed by atoms with Crippen molar-refractivity contribution in [2.75, 3.05) is 12.0 Å². The van der Waals surface area contributed by atoms with Crippen LogP contribution >= 0.6 is 0 Å². The van der Waals surface area contributed by atoms with Crippen LogP contribution in [0.3, 0.4) is 0 Å². The number of carbonyl (C=O) groups is 1. The predicted octanol–water partition coefficient (Wildman–Crippen LogP) is 5.69. The maximum Gasteiger partial charge on any atom is 0.228 e. The average Bonchev–Trinajstić information content (AvgIpc) is 2.64. The zero-order valence-electron chi connectivity index (χ0n) is 19.1. The summed E-state index contributed by atoms with van der Waals surface area (Å²) in [4.78, 5) is 15.2.